The second-order valence-corrected chi connectivity index (χ2v) is 2.62. The van der Waals surface area contributed by atoms with Crippen LogP contribution in [0.25, 0.3) is 0 Å². The van der Waals surface area contributed by atoms with E-state index in [0.29, 0.717) is 0 Å². The van der Waals surface area contributed by atoms with E-state index in [2.05, 4.69) is 0 Å². The topological polar surface area (TPSA) is 25.2 Å². The van der Waals surface area contributed by atoms with Crippen molar-refractivity contribution in [2.24, 2.45) is 0 Å². The van der Waals surface area contributed by atoms with Gasteiger partial charge >= 0.3 is 7.05 Å². The number of aromatic nitrogens is 1. The van der Waals surface area contributed by atoms with E-state index in [0.717, 1.165) is 11.4 Å². The molecule has 0 aliphatic heterocycles. The Kier molecular flexibility index (Phi) is 1.86. The van der Waals surface area contributed by atoms with E-state index >= 15 is 0 Å². The summed E-state index contributed by atoms with van der Waals surface area (Å²) < 4.78 is 1.89. The predicted molar refractivity (Wildman–Crippen MR) is 43.1 cm³/mol. The van der Waals surface area contributed by atoms with Crippen molar-refractivity contribution in [2.75, 3.05) is 0 Å². The number of aryl methyl sites for hydroxylation is 2. The average Bonchev–Trinajstić information content (AvgIpc) is 2.11. The Morgan fingerprint density at radius 2 is 1.70 bits per heavy atom. The van der Waals surface area contributed by atoms with Gasteiger partial charge < -0.3 is 9.50 Å². The Hall–Kier alpha value is -0.695. The molecule has 0 amide bonds. The van der Waals surface area contributed by atoms with Gasteiger partial charge in [0.2, 0.25) is 0 Å². The predicted octanol–water partition coefficient (Wildman–Crippen LogP) is 1.06. The largest absolute Gasteiger partial charge is 0.432 e. The van der Waals surface area contributed by atoms with Crippen LogP contribution in [0.3, 0.4) is 0 Å². The third kappa shape index (κ3) is 1.09. The van der Waals surface area contributed by atoms with Crippen molar-refractivity contribution in [3.8, 4) is 0 Å². The van der Waals surface area contributed by atoms with E-state index in [1.54, 1.807) is 6.82 Å². The van der Waals surface area contributed by atoms with Crippen molar-refractivity contribution in [1.29, 1.82) is 0 Å². The Morgan fingerprint density at radius 1 is 1.30 bits per heavy atom. The molecule has 0 atom stereocenters. The molecule has 0 spiro atoms. The lowest BCUT2D eigenvalue weighted by atomic mass is 9.87. The Balaban J connectivity index is 3.10. The lowest BCUT2D eigenvalue weighted by Gasteiger charge is -2.07. The first-order valence-electron chi connectivity index (χ1n) is 3.45. The molecule has 0 saturated heterocycles. The van der Waals surface area contributed by atoms with Crippen molar-refractivity contribution in [2.45, 2.75) is 20.7 Å². The van der Waals surface area contributed by atoms with Crippen LogP contribution in [0.1, 0.15) is 11.4 Å². The van der Waals surface area contributed by atoms with Gasteiger partial charge in [0, 0.05) is 11.4 Å². The van der Waals surface area contributed by atoms with Crippen LogP contribution in [0.4, 0.5) is 0 Å². The summed E-state index contributed by atoms with van der Waals surface area (Å²) >= 11 is 0. The molecular weight excluding hydrogens is 125 g/mol. The molecule has 1 heterocycles. The summed E-state index contributed by atoms with van der Waals surface area (Å²) in [5.74, 6) is 0. The zero-order chi connectivity index (χ0) is 7.72. The third-order valence-electron chi connectivity index (χ3n) is 1.70. The van der Waals surface area contributed by atoms with E-state index in [9.17, 15) is 5.02 Å². The van der Waals surface area contributed by atoms with Crippen LogP contribution in [-0.2, 0) is 0 Å². The SMILES string of the molecule is CB(O)n1c(C)ccc1C. The molecule has 54 valence electrons. The standard InChI is InChI=1S/C7H12BNO/c1-6-4-5-7(2)9(6)8(3)10/h4-5,10H,1-3H3. The van der Waals surface area contributed by atoms with Crippen LogP contribution in [0.15, 0.2) is 12.1 Å². The fourth-order valence-corrected chi connectivity index (χ4v) is 1.27. The van der Waals surface area contributed by atoms with Gasteiger partial charge in [0.1, 0.15) is 0 Å². The van der Waals surface area contributed by atoms with Crippen molar-refractivity contribution >= 4 is 7.05 Å². The van der Waals surface area contributed by atoms with E-state index < -0.39 is 7.05 Å². The molecule has 1 N–H and O–H groups in total. The molecule has 0 aliphatic carbocycles. The van der Waals surface area contributed by atoms with Gasteiger partial charge in [0.25, 0.3) is 0 Å². The van der Waals surface area contributed by atoms with Crippen molar-refractivity contribution in [1.82, 2.24) is 4.48 Å². The van der Waals surface area contributed by atoms with Crippen LogP contribution in [-0.4, -0.2) is 16.6 Å². The fourth-order valence-electron chi connectivity index (χ4n) is 1.27. The molecule has 1 aromatic heterocycles. The van der Waals surface area contributed by atoms with Gasteiger partial charge in [-0.15, -0.1) is 0 Å². The monoisotopic (exact) mass is 137 g/mol. The van der Waals surface area contributed by atoms with E-state index in [-0.39, 0.29) is 0 Å². The van der Waals surface area contributed by atoms with E-state index in [1.165, 1.54) is 0 Å². The zero-order valence-corrected chi connectivity index (χ0v) is 6.63. The van der Waals surface area contributed by atoms with Gasteiger partial charge in [-0.25, -0.2) is 0 Å². The normalized spacial score (nSPS) is 10.0. The fraction of sp³-hybridized carbons (Fsp3) is 0.429. The molecule has 0 fully saturated rings. The van der Waals surface area contributed by atoms with Crippen molar-refractivity contribution < 1.29 is 5.02 Å². The highest BCUT2D eigenvalue weighted by Crippen LogP contribution is 2.06. The lowest BCUT2D eigenvalue weighted by Crippen LogP contribution is -2.21. The summed E-state index contributed by atoms with van der Waals surface area (Å²) in [6, 6.07) is 4.00. The number of hydrogen-bond donors (Lipinski definition) is 1. The van der Waals surface area contributed by atoms with Crippen molar-refractivity contribution in [3.05, 3.63) is 23.5 Å². The van der Waals surface area contributed by atoms with Gasteiger partial charge in [-0.3, -0.25) is 0 Å². The Labute approximate surface area is 61.6 Å². The molecule has 0 saturated carbocycles. The van der Waals surface area contributed by atoms with Gasteiger partial charge in [0.15, 0.2) is 0 Å². The summed E-state index contributed by atoms with van der Waals surface area (Å²) in [5.41, 5.74) is 2.21. The molecule has 0 bridgehead atoms. The maximum absolute atomic E-state index is 9.24. The maximum atomic E-state index is 9.24. The maximum Gasteiger partial charge on any atom is 0.413 e. The minimum absolute atomic E-state index is 0.407. The average molecular weight is 137 g/mol. The number of nitrogens with zero attached hydrogens (tertiary/aromatic N) is 1. The summed E-state index contributed by atoms with van der Waals surface area (Å²) in [6.45, 7) is 5.74. The smallest absolute Gasteiger partial charge is 0.413 e. The van der Waals surface area contributed by atoms with Crippen LogP contribution >= 0.6 is 0 Å². The quantitative estimate of drug-likeness (QED) is 0.575. The second-order valence-electron chi connectivity index (χ2n) is 2.62. The highest BCUT2D eigenvalue weighted by Gasteiger charge is 2.09. The number of rotatable bonds is 1. The Bertz CT molecular complexity index is 210. The molecule has 3 heteroatoms. The van der Waals surface area contributed by atoms with Gasteiger partial charge in [0.05, 0.1) is 0 Å². The summed E-state index contributed by atoms with van der Waals surface area (Å²) in [7, 11) is -0.407. The van der Waals surface area contributed by atoms with Crippen LogP contribution in [0.2, 0.25) is 6.82 Å². The zero-order valence-electron chi connectivity index (χ0n) is 6.63. The lowest BCUT2D eigenvalue weighted by molar-refractivity contribution is 0.559. The highest BCUT2D eigenvalue weighted by atomic mass is 16.2. The number of hydrogen-bond acceptors (Lipinski definition) is 1. The van der Waals surface area contributed by atoms with Gasteiger partial charge in [-0.05, 0) is 32.8 Å². The Morgan fingerprint density at radius 3 is 1.90 bits per heavy atom. The summed E-state index contributed by atoms with van der Waals surface area (Å²) in [6.07, 6.45) is 0. The molecule has 0 unspecified atom stereocenters. The molecule has 1 rings (SSSR count). The molecule has 0 radical (unpaired) electrons. The van der Waals surface area contributed by atoms with E-state index in [4.69, 9.17) is 0 Å². The van der Waals surface area contributed by atoms with Crippen LogP contribution < -0.4 is 0 Å². The van der Waals surface area contributed by atoms with Gasteiger partial charge in [-0.1, -0.05) is 0 Å². The van der Waals surface area contributed by atoms with Gasteiger partial charge in [-0.2, -0.15) is 0 Å². The van der Waals surface area contributed by atoms with E-state index in [1.807, 2.05) is 30.5 Å². The first-order chi connectivity index (χ1) is 4.63. The minimum Gasteiger partial charge on any atom is -0.432 e. The molecule has 1 aromatic rings. The second kappa shape index (κ2) is 2.50. The molecule has 0 aliphatic rings. The molecular formula is C7H12BNO. The summed E-state index contributed by atoms with van der Waals surface area (Å²) in [4.78, 5) is 0. The van der Waals surface area contributed by atoms with Crippen LogP contribution in [0, 0.1) is 13.8 Å². The molecule has 10 heavy (non-hydrogen) atoms. The van der Waals surface area contributed by atoms with Crippen LogP contribution in [0.5, 0.6) is 0 Å². The highest BCUT2D eigenvalue weighted by molar-refractivity contribution is 6.47. The van der Waals surface area contributed by atoms with Crippen molar-refractivity contribution in [3.63, 3.8) is 0 Å². The summed E-state index contributed by atoms with van der Waals surface area (Å²) in [5, 5.41) is 9.24. The molecule has 0 aromatic carbocycles. The third-order valence-corrected chi connectivity index (χ3v) is 1.70. The first-order valence-corrected chi connectivity index (χ1v) is 3.45. The molecule has 2 nitrogen and oxygen atoms in total. The first kappa shape index (κ1) is 7.41. The minimum atomic E-state index is -0.407.